The van der Waals surface area contributed by atoms with Crippen LogP contribution in [0.3, 0.4) is 0 Å². The fraction of sp³-hybridized carbons (Fsp3) is 0.0714. The number of hydrogen-bond acceptors (Lipinski definition) is 3. The molecule has 5 heteroatoms. The number of nitrogens with one attached hydrogen (secondary N) is 1. The lowest BCUT2D eigenvalue weighted by Crippen LogP contribution is -1.97. The number of rotatable bonds is 3. The van der Waals surface area contributed by atoms with Crippen molar-refractivity contribution in [3.8, 4) is 11.8 Å². The summed E-state index contributed by atoms with van der Waals surface area (Å²) in [5, 5.41) is 12.2. The second-order valence-corrected chi connectivity index (χ2v) is 4.60. The van der Waals surface area contributed by atoms with Gasteiger partial charge in [0.2, 0.25) is 0 Å². The van der Waals surface area contributed by atoms with Crippen LogP contribution < -0.4 is 10.1 Å². The van der Waals surface area contributed by atoms with Crippen LogP contribution in [0.1, 0.15) is 5.56 Å². The summed E-state index contributed by atoms with van der Waals surface area (Å²) in [6, 6.07) is 11.6. The largest absolute Gasteiger partial charge is 0.494 e. The second kappa shape index (κ2) is 5.72. The van der Waals surface area contributed by atoms with Crippen LogP contribution in [0.25, 0.3) is 0 Å². The van der Waals surface area contributed by atoms with Gasteiger partial charge in [0.1, 0.15) is 17.6 Å². The summed E-state index contributed by atoms with van der Waals surface area (Å²) in [5.41, 5.74) is 1.70. The highest BCUT2D eigenvalue weighted by atomic mass is 79.9. The number of anilines is 2. The molecule has 0 bridgehead atoms. The van der Waals surface area contributed by atoms with E-state index in [0.29, 0.717) is 27.2 Å². The maximum Gasteiger partial charge on any atom is 0.145 e. The maximum atomic E-state index is 13.1. The summed E-state index contributed by atoms with van der Waals surface area (Å²) < 4.78 is 18.9. The Balaban J connectivity index is 2.42. The minimum absolute atomic E-state index is 0.378. The lowest BCUT2D eigenvalue weighted by Gasteiger charge is -2.12. The Bertz CT molecular complexity index is 652. The molecule has 0 spiro atoms. The van der Waals surface area contributed by atoms with Crippen LogP contribution in [-0.2, 0) is 0 Å². The number of hydrogen-bond donors (Lipinski definition) is 1. The van der Waals surface area contributed by atoms with Crippen LogP contribution in [0, 0.1) is 17.1 Å². The molecule has 0 aromatic heterocycles. The molecule has 0 unspecified atom stereocenters. The molecule has 0 aliphatic carbocycles. The van der Waals surface area contributed by atoms with Crippen molar-refractivity contribution in [1.82, 2.24) is 0 Å². The molecule has 0 aliphatic rings. The summed E-state index contributed by atoms with van der Waals surface area (Å²) in [6.45, 7) is 0. The average molecular weight is 321 g/mol. The highest BCUT2D eigenvalue weighted by Crippen LogP contribution is 2.31. The number of halogens is 2. The predicted molar refractivity (Wildman–Crippen MR) is 75.1 cm³/mol. The first-order chi connectivity index (χ1) is 9.15. The van der Waals surface area contributed by atoms with E-state index in [0.717, 1.165) is 0 Å². The van der Waals surface area contributed by atoms with Crippen LogP contribution in [0.5, 0.6) is 5.75 Å². The van der Waals surface area contributed by atoms with Crippen LogP contribution in [0.15, 0.2) is 40.9 Å². The Labute approximate surface area is 118 Å². The number of nitrogens with zero attached hydrogens (tertiary/aromatic N) is 1. The average Bonchev–Trinajstić information content (AvgIpc) is 2.41. The molecule has 2 aromatic carbocycles. The zero-order valence-corrected chi connectivity index (χ0v) is 11.7. The van der Waals surface area contributed by atoms with Crippen molar-refractivity contribution in [3.63, 3.8) is 0 Å². The third-order valence-corrected chi connectivity index (χ3v) is 3.22. The molecule has 2 rings (SSSR count). The lowest BCUT2D eigenvalue weighted by atomic mass is 10.2. The van der Waals surface area contributed by atoms with Gasteiger partial charge in [-0.1, -0.05) is 6.07 Å². The monoisotopic (exact) mass is 320 g/mol. The van der Waals surface area contributed by atoms with Gasteiger partial charge >= 0.3 is 0 Å². The zero-order valence-electron chi connectivity index (χ0n) is 10.1. The van der Waals surface area contributed by atoms with E-state index < -0.39 is 0 Å². The van der Waals surface area contributed by atoms with Gasteiger partial charge in [-0.3, -0.25) is 0 Å². The van der Waals surface area contributed by atoms with Crippen molar-refractivity contribution >= 4 is 27.3 Å². The lowest BCUT2D eigenvalue weighted by molar-refractivity contribution is 0.413. The van der Waals surface area contributed by atoms with E-state index in [-0.39, 0.29) is 5.82 Å². The summed E-state index contributed by atoms with van der Waals surface area (Å²) in [6.07, 6.45) is 0. The molecular weight excluding hydrogens is 311 g/mol. The fourth-order valence-electron chi connectivity index (χ4n) is 1.66. The van der Waals surface area contributed by atoms with Gasteiger partial charge in [0, 0.05) is 10.5 Å². The highest BCUT2D eigenvalue weighted by molar-refractivity contribution is 9.10. The molecule has 0 atom stereocenters. The van der Waals surface area contributed by atoms with Gasteiger partial charge in [-0.05, 0) is 40.2 Å². The van der Waals surface area contributed by atoms with Gasteiger partial charge in [-0.2, -0.15) is 5.26 Å². The molecule has 0 fully saturated rings. The van der Waals surface area contributed by atoms with Gasteiger partial charge in [-0.25, -0.2) is 4.39 Å². The summed E-state index contributed by atoms with van der Waals surface area (Å²) >= 11 is 3.31. The molecular formula is C14H10BrFN2O. The Kier molecular flexibility index (Phi) is 4.03. The molecule has 2 aromatic rings. The van der Waals surface area contributed by atoms with Crippen molar-refractivity contribution in [2.45, 2.75) is 0 Å². The van der Waals surface area contributed by atoms with Crippen molar-refractivity contribution in [3.05, 3.63) is 52.3 Å². The van der Waals surface area contributed by atoms with Gasteiger partial charge < -0.3 is 10.1 Å². The quantitative estimate of drug-likeness (QED) is 0.921. The molecule has 0 radical (unpaired) electrons. The summed E-state index contributed by atoms with van der Waals surface area (Å²) in [5.74, 6) is 0.000939. The van der Waals surface area contributed by atoms with Gasteiger partial charge in [0.05, 0.1) is 24.0 Å². The molecule has 96 valence electrons. The van der Waals surface area contributed by atoms with Crippen LogP contribution >= 0.6 is 15.9 Å². The molecule has 1 N–H and O–H groups in total. The Morgan fingerprint density at radius 2 is 2.05 bits per heavy atom. The molecule has 0 heterocycles. The molecule has 3 nitrogen and oxygen atoms in total. The van der Waals surface area contributed by atoms with Gasteiger partial charge in [0.25, 0.3) is 0 Å². The fourth-order valence-corrected chi connectivity index (χ4v) is 2.11. The molecule has 0 saturated heterocycles. The second-order valence-electron chi connectivity index (χ2n) is 3.74. The minimum Gasteiger partial charge on any atom is -0.494 e. The van der Waals surface area contributed by atoms with Gasteiger partial charge in [-0.15, -0.1) is 0 Å². The maximum absolute atomic E-state index is 13.1. The number of nitriles is 1. The van der Waals surface area contributed by atoms with Crippen LogP contribution in [0.2, 0.25) is 0 Å². The summed E-state index contributed by atoms with van der Waals surface area (Å²) in [7, 11) is 1.46. The predicted octanol–water partition coefficient (Wildman–Crippen LogP) is 4.21. The third kappa shape index (κ3) is 2.85. The third-order valence-electron chi connectivity index (χ3n) is 2.56. The van der Waals surface area contributed by atoms with E-state index >= 15 is 0 Å². The Morgan fingerprint density at radius 1 is 1.26 bits per heavy atom. The van der Waals surface area contributed by atoms with Crippen LogP contribution in [-0.4, -0.2) is 7.11 Å². The van der Waals surface area contributed by atoms with Crippen LogP contribution in [0.4, 0.5) is 15.8 Å². The molecule has 0 amide bonds. The number of ether oxygens (including phenoxy) is 1. The van der Waals surface area contributed by atoms with Crippen molar-refractivity contribution < 1.29 is 9.13 Å². The van der Waals surface area contributed by atoms with E-state index in [4.69, 9.17) is 10.00 Å². The Hall–Kier alpha value is -2.06. The van der Waals surface area contributed by atoms with Gasteiger partial charge in [0.15, 0.2) is 0 Å². The topological polar surface area (TPSA) is 45.0 Å². The SMILES string of the molecule is COc1cc(F)ccc1Nc1cccc(Br)c1C#N. The molecule has 0 saturated carbocycles. The van der Waals surface area contributed by atoms with E-state index in [1.54, 1.807) is 18.2 Å². The van der Waals surface area contributed by atoms with E-state index in [9.17, 15) is 4.39 Å². The molecule has 0 aliphatic heterocycles. The zero-order chi connectivity index (χ0) is 13.8. The van der Waals surface area contributed by atoms with E-state index in [1.165, 1.54) is 19.2 Å². The van der Waals surface area contributed by atoms with Crippen molar-refractivity contribution in [2.24, 2.45) is 0 Å². The first-order valence-electron chi connectivity index (χ1n) is 5.45. The normalized spacial score (nSPS) is 9.79. The minimum atomic E-state index is -0.378. The first-order valence-corrected chi connectivity index (χ1v) is 6.24. The smallest absolute Gasteiger partial charge is 0.145 e. The molecule has 19 heavy (non-hydrogen) atoms. The number of benzene rings is 2. The summed E-state index contributed by atoms with van der Waals surface area (Å²) in [4.78, 5) is 0. The van der Waals surface area contributed by atoms with Crippen molar-refractivity contribution in [2.75, 3.05) is 12.4 Å². The first kappa shape index (κ1) is 13.4. The van der Waals surface area contributed by atoms with E-state index in [2.05, 4.69) is 27.3 Å². The number of methoxy groups -OCH3 is 1. The standard InChI is InChI=1S/C14H10BrFN2O/c1-19-14-7-9(16)5-6-13(14)18-12-4-2-3-11(15)10(12)8-17/h2-7,18H,1H3. The van der Waals surface area contributed by atoms with E-state index in [1.807, 2.05) is 6.07 Å². The Morgan fingerprint density at radius 3 is 2.74 bits per heavy atom. The van der Waals surface area contributed by atoms with Crippen molar-refractivity contribution in [1.29, 1.82) is 5.26 Å². The highest BCUT2D eigenvalue weighted by Gasteiger charge is 2.09.